The van der Waals surface area contributed by atoms with Crippen molar-refractivity contribution < 1.29 is 4.42 Å². The average Bonchev–Trinajstić information content (AvgIpc) is 2.40. The van der Waals surface area contributed by atoms with E-state index in [1.54, 1.807) is 12.1 Å². The minimum Gasteiger partial charge on any atom is -0.463 e. The number of hydrogen-bond acceptors (Lipinski definition) is 2. The molecule has 0 saturated carbocycles. The summed E-state index contributed by atoms with van der Waals surface area (Å²) in [7, 11) is 0. The molecule has 0 aliphatic rings. The van der Waals surface area contributed by atoms with Gasteiger partial charge < -0.3 is 4.42 Å². The quantitative estimate of drug-likeness (QED) is 0.617. The van der Waals surface area contributed by atoms with Crippen molar-refractivity contribution in [1.82, 2.24) is 0 Å². The monoisotopic (exact) mass is 245 g/mol. The molecule has 1 heterocycles. The van der Waals surface area contributed by atoms with Crippen LogP contribution in [-0.4, -0.2) is 29.6 Å². The Morgan fingerprint density at radius 1 is 0.833 bits per heavy atom. The number of benzene rings is 2. The maximum atomic E-state index is 12.3. The standard InChI is InChI=1S/C15H10O2.Na/c16-15-12-8-4-5-9-14(12)17-10-13(15)11-6-2-1-3-7-11;/h1-10H;. The summed E-state index contributed by atoms with van der Waals surface area (Å²) in [4.78, 5) is 12.3. The molecule has 1 aromatic heterocycles. The Morgan fingerprint density at radius 3 is 2.28 bits per heavy atom. The van der Waals surface area contributed by atoms with Gasteiger partial charge in [-0.1, -0.05) is 42.5 Å². The van der Waals surface area contributed by atoms with Crippen molar-refractivity contribution >= 4 is 40.5 Å². The maximum absolute atomic E-state index is 12.3. The zero-order chi connectivity index (χ0) is 11.7. The Hall–Kier alpha value is -1.35. The molecule has 0 spiro atoms. The molecular formula is C15H10NaO2. The van der Waals surface area contributed by atoms with Crippen LogP contribution in [0.4, 0.5) is 0 Å². The van der Waals surface area contributed by atoms with Crippen LogP contribution in [0.2, 0.25) is 0 Å². The summed E-state index contributed by atoms with van der Waals surface area (Å²) >= 11 is 0. The first-order chi connectivity index (χ1) is 8.36. The van der Waals surface area contributed by atoms with Gasteiger partial charge in [0.05, 0.1) is 10.9 Å². The first-order valence-electron chi connectivity index (χ1n) is 5.42. The van der Waals surface area contributed by atoms with Crippen molar-refractivity contribution in [2.45, 2.75) is 0 Å². The van der Waals surface area contributed by atoms with Crippen LogP contribution in [0, 0.1) is 0 Å². The molecular weight excluding hydrogens is 235 g/mol. The van der Waals surface area contributed by atoms with E-state index in [4.69, 9.17) is 4.42 Å². The van der Waals surface area contributed by atoms with Crippen molar-refractivity contribution in [2.24, 2.45) is 0 Å². The van der Waals surface area contributed by atoms with Crippen LogP contribution in [0.3, 0.4) is 0 Å². The third-order valence-corrected chi connectivity index (χ3v) is 2.76. The summed E-state index contributed by atoms with van der Waals surface area (Å²) in [6.07, 6.45) is 1.53. The van der Waals surface area contributed by atoms with Gasteiger partial charge in [-0.25, -0.2) is 0 Å². The molecule has 0 atom stereocenters. The summed E-state index contributed by atoms with van der Waals surface area (Å²) < 4.78 is 5.48. The molecule has 83 valence electrons. The smallest absolute Gasteiger partial charge is 0.200 e. The number of rotatable bonds is 1. The fraction of sp³-hybridized carbons (Fsp3) is 0. The largest absolute Gasteiger partial charge is 0.463 e. The fourth-order valence-corrected chi connectivity index (χ4v) is 1.89. The fourth-order valence-electron chi connectivity index (χ4n) is 1.89. The molecule has 3 heteroatoms. The van der Waals surface area contributed by atoms with Gasteiger partial charge in [-0.3, -0.25) is 4.79 Å². The van der Waals surface area contributed by atoms with Gasteiger partial charge in [-0.05, 0) is 17.7 Å². The van der Waals surface area contributed by atoms with Crippen molar-refractivity contribution in [3.05, 3.63) is 71.1 Å². The summed E-state index contributed by atoms with van der Waals surface area (Å²) in [6.45, 7) is 0. The predicted octanol–water partition coefficient (Wildman–Crippen LogP) is 3.08. The number of hydrogen-bond donors (Lipinski definition) is 0. The van der Waals surface area contributed by atoms with E-state index < -0.39 is 0 Å². The minimum atomic E-state index is 0. The first-order valence-corrected chi connectivity index (χ1v) is 5.42. The second-order valence-electron chi connectivity index (χ2n) is 3.84. The van der Waals surface area contributed by atoms with Gasteiger partial charge >= 0.3 is 0 Å². The van der Waals surface area contributed by atoms with Crippen LogP contribution in [0.15, 0.2) is 70.1 Å². The van der Waals surface area contributed by atoms with E-state index in [1.807, 2.05) is 42.5 Å². The molecule has 0 bridgehead atoms. The molecule has 0 fully saturated rings. The van der Waals surface area contributed by atoms with E-state index in [1.165, 1.54) is 6.26 Å². The Kier molecular flexibility index (Phi) is 4.02. The molecule has 1 radical (unpaired) electrons. The van der Waals surface area contributed by atoms with E-state index >= 15 is 0 Å². The van der Waals surface area contributed by atoms with Gasteiger partial charge in [-0.15, -0.1) is 0 Å². The molecule has 0 amide bonds. The maximum Gasteiger partial charge on any atom is 0.200 e. The molecule has 18 heavy (non-hydrogen) atoms. The summed E-state index contributed by atoms with van der Waals surface area (Å²) in [5.74, 6) is 0. The van der Waals surface area contributed by atoms with E-state index in [2.05, 4.69) is 0 Å². The number of para-hydroxylation sites is 1. The molecule has 2 aromatic carbocycles. The molecule has 0 aliphatic carbocycles. The van der Waals surface area contributed by atoms with Crippen molar-refractivity contribution in [2.75, 3.05) is 0 Å². The SMILES string of the molecule is O=c1c(-c2ccccc2)coc2ccccc12.[Na]. The van der Waals surface area contributed by atoms with Crippen LogP contribution in [0.25, 0.3) is 22.1 Å². The van der Waals surface area contributed by atoms with Crippen molar-refractivity contribution in [1.29, 1.82) is 0 Å². The Bertz CT molecular complexity index is 717. The average molecular weight is 245 g/mol. The second-order valence-corrected chi connectivity index (χ2v) is 3.84. The first kappa shape index (κ1) is 13.1. The van der Waals surface area contributed by atoms with Crippen LogP contribution in [0.5, 0.6) is 0 Å². The van der Waals surface area contributed by atoms with E-state index in [0.717, 1.165) is 5.56 Å². The van der Waals surface area contributed by atoms with Crippen LogP contribution in [-0.2, 0) is 0 Å². The molecule has 0 N–H and O–H groups in total. The zero-order valence-corrected chi connectivity index (χ0v) is 12.1. The second kappa shape index (κ2) is 5.53. The Balaban J connectivity index is 0.00000120. The summed E-state index contributed by atoms with van der Waals surface area (Å²) in [5.41, 5.74) is 2.12. The van der Waals surface area contributed by atoms with Gasteiger partial charge in [0.1, 0.15) is 11.8 Å². The number of fused-ring (bicyclic) bond motifs is 1. The molecule has 3 rings (SSSR count). The van der Waals surface area contributed by atoms with Gasteiger partial charge in [-0.2, -0.15) is 0 Å². The van der Waals surface area contributed by atoms with Crippen LogP contribution in [0.1, 0.15) is 0 Å². The Labute approximate surface area is 127 Å². The van der Waals surface area contributed by atoms with Gasteiger partial charge in [0.15, 0.2) is 5.43 Å². The van der Waals surface area contributed by atoms with E-state index in [0.29, 0.717) is 16.5 Å². The topological polar surface area (TPSA) is 30.2 Å². The van der Waals surface area contributed by atoms with E-state index in [-0.39, 0.29) is 35.0 Å². The van der Waals surface area contributed by atoms with Gasteiger partial charge in [0.25, 0.3) is 0 Å². The van der Waals surface area contributed by atoms with Crippen LogP contribution >= 0.6 is 0 Å². The molecule has 3 aromatic rings. The third kappa shape index (κ3) is 2.27. The normalized spacial score (nSPS) is 10.0. The predicted molar refractivity (Wildman–Crippen MR) is 73.7 cm³/mol. The van der Waals surface area contributed by atoms with E-state index in [9.17, 15) is 4.79 Å². The summed E-state index contributed by atoms with van der Waals surface area (Å²) in [5, 5.41) is 0.619. The molecule has 0 unspecified atom stereocenters. The molecule has 0 saturated heterocycles. The molecule has 0 aliphatic heterocycles. The minimum absolute atomic E-state index is 0. The molecule has 2 nitrogen and oxygen atoms in total. The van der Waals surface area contributed by atoms with Gasteiger partial charge in [0.2, 0.25) is 0 Å². The zero-order valence-electron chi connectivity index (χ0n) is 10.1. The Morgan fingerprint density at radius 2 is 1.50 bits per heavy atom. The van der Waals surface area contributed by atoms with Gasteiger partial charge in [0, 0.05) is 29.6 Å². The summed E-state index contributed by atoms with van der Waals surface area (Å²) in [6, 6.07) is 16.8. The van der Waals surface area contributed by atoms with Crippen molar-refractivity contribution in [3.8, 4) is 11.1 Å². The third-order valence-electron chi connectivity index (χ3n) is 2.76. The van der Waals surface area contributed by atoms with Crippen LogP contribution < -0.4 is 5.43 Å². The van der Waals surface area contributed by atoms with Crippen molar-refractivity contribution in [3.63, 3.8) is 0 Å².